The van der Waals surface area contributed by atoms with Crippen LogP contribution in [0.2, 0.25) is 0 Å². The summed E-state index contributed by atoms with van der Waals surface area (Å²) in [5.41, 5.74) is -4.58. The molecule has 5 rings (SSSR count). The molecule has 384 valence electrons. The van der Waals surface area contributed by atoms with Gasteiger partial charge in [-0.25, -0.2) is 0 Å². The molecule has 66 heavy (non-hydrogen) atoms. The number of aliphatic hydroxyl groups excluding tert-OH is 2. The number of hydrogen-bond acceptors (Lipinski definition) is 18. The molecule has 0 amide bonds. The Morgan fingerprint density at radius 3 is 2.23 bits per heavy atom. The largest absolute Gasteiger partial charge is 0.459 e. The maximum Gasteiger partial charge on any atom is 0.311 e. The van der Waals surface area contributed by atoms with E-state index < -0.39 is 108 Å². The van der Waals surface area contributed by atoms with Gasteiger partial charge in [-0.05, 0) is 108 Å². The van der Waals surface area contributed by atoms with Gasteiger partial charge in [0, 0.05) is 65.4 Å². The van der Waals surface area contributed by atoms with Crippen molar-refractivity contribution in [2.45, 2.75) is 217 Å². The summed E-state index contributed by atoms with van der Waals surface area (Å²) in [4.78, 5) is 31.6. The maximum absolute atomic E-state index is 14.8. The van der Waals surface area contributed by atoms with Crippen LogP contribution in [0.25, 0.3) is 0 Å². The zero-order chi connectivity index (χ0) is 49.1. The van der Waals surface area contributed by atoms with Crippen LogP contribution in [0, 0.1) is 17.8 Å². The minimum atomic E-state index is -1.58. The molecule has 0 saturated carbocycles. The first-order valence-electron chi connectivity index (χ1n) is 24.4. The van der Waals surface area contributed by atoms with Crippen molar-refractivity contribution < 1.29 is 77.0 Å². The first-order valence-corrected chi connectivity index (χ1v) is 24.4. The molecule has 0 aliphatic carbocycles. The number of nitrogens with zero attached hydrogens (tertiary/aromatic N) is 2. The van der Waals surface area contributed by atoms with E-state index in [4.69, 9.17) is 57.2 Å². The van der Waals surface area contributed by atoms with Gasteiger partial charge in [-0.15, -0.1) is 0 Å². The van der Waals surface area contributed by atoms with Crippen molar-refractivity contribution in [2.24, 2.45) is 17.8 Å². The number of carbonyl (C=O) groups excluding carboxylic acids is 2. The average Bonchev–Trinajstić information content (AvgIpc) is 3.92. The highest BCUT2D eigenvalue weighted by molar-refractivity contribution is 5.73. The van der Waals surface area contributed by atoms with E-state index in [2.05, 4.69) is 11.8 Å². The summed E-state index contributed by atoms with van der Waals surface area (Å²) in [6.07, 6.45) is -6.03. The summed E-state index contributed by atoms with van der Waals surface area (Å²) in [5, 5.41) is 33.2. The van der Waals surface area contributed by atoms with Gasteiger partial charge in [0.05, 0.1) is 47.6 Å². The lowest BCUT2D eigenvalue weighted by molar-refractivity contribution is -0.321. The highest BCUT2D eigenvalue weighted by Gasteiger charge is 2.85. The Morgan fingerprint density at radius 1 is 0.939 bits per heavy atom. The Bertz CT molecular complexity index is 1580. The van der Waals surface area contributed by atoms with Gasteiger partial charge in [0.25, 0.3) is 0 Å². The third-order valence-electron chi connectivity index (χ3n) is 15.1. The summed E-state index contributed by atoms with van der Waals surface area (Å²) in [6, 6.07) is -0.480. The Balaban J connectivity index is 1.54. The summed E-state index contributed by atoms with van der Waals surface area (Å²) in [7, 11) is 7.43. The van der Waals surface area contributed by atoms with Crippen molar-refractivity contribution in [1.29, 1.82) is 0 Å². The summed E-state index contributed by atoms with van der Waals surface area (Å²) in [6.45, 7) is 22.3. The molecule has 5 aliphatic heterocycles. The normalized spacial score (nSPS) is 46.2. The van der Waals surface area contributed by atoms with Crippen molar-refractivity contribution in [2.75, 3.05) is 61.2 Å². The fraction of sp³-hybridized carbons (Fsp3) is 0.958. The highest BCUT2D eigenvalue weighted by Crippen LogP contribution is 2.63. The molecule has 18 nitrogen and oxygen atoms in total. The van der Waals surface area contributed by atoms with E-state index in [1.54, 1.807) is 21.0 Å². The van der Waals surface area contributed by atoms with Crippen molar-refractivity contribution in [1.82, 2.24) is 9.80 Å². The van der Waals surface area contributed by atoms with Crippen LogP contribution < -0.4 is 0 Å². The Kier molecular flexibility index (Phi) is 19.0. The number of carbonyl (C=O) groups is 2. The van der Waals surface area contributed by atoms with Crippen molar-refractivity contribution in [3.05, 3.63) is 0 Å². The predicted molar refractivity (Wildman–Crippen MR) is 241 cm³/mol. The quantitative estimate of drug-likeness (QED) is 0.115. The third kappa shape index (κ3) is 11.8. The number of ether oxygens (including phenoxy) is 11. The van der Waals surface area contributed by atoms with E-state index in [1.165, 1.54) is 6.92 Å². The second-order valence-electron chi connectivity index (χ2n) is 20.9. The Hall–Kier alpha value is -1.62. The van der Waals surface area contributed by atoms with E-state index in [0.29, 0.717) is 52.0 Å². The SMILES string of the molecule is CC[C@H]1OC(=O)[C@H](C)[C@@H](OC2C[C@@](C)(OC)[C@@H](OCCCOCCCO)[C@H](C)O2)[C@H](C)[C@@H](O[C@@H]2O[C@H](C)C[C@H](N(C)C)[C@H]2OC(C)=O)[C@](C)(O)C[C@@H](C)CN(C)[C@H](C)[C@H]2O[C@@H](O)C23O[C@]13C. The second-order valence-corrected chi connectivity index (χ2v) is 20.9. The standard InChI is InChI=1S/C48H86N2O16/c1-16-35-47(11)48(66-47)40(65-44(48)54)31(6)50(14)26-27(2)24-45(9,55)39(64-43-38(61-33(8)52)34(49(12)13)23-28(3)59-43)29(4)37(30(5)42(53)62-35)63-36-25-46(10,56-15)41(32(7)60-36)58-22-18-21-57-20-17-19-51/h27-32,34-41,43-44,51,54-55H,16-26H2,1-15H3/t27-,28-,29+,30-,31-,32+,34+,35-,36?,37+,38-,39-,40-,41+,43+,44-,45-,46-,47-,48?/m1/s1. The first-order chi connectivity index (χ1) is 30.9. The molecule has 0 bridgehead atoms. The molecule has 5 fully saturated rings. The van der Waals surface area contributed by atoms with Gasteiger partial charge in [0.1, 0.15) is 23.9 Å². The Labute approximate surface area is 393 Å². The molecule has 1 spiro atoms. The smallest absolute Gasteiger partial charge is 0.311 e. The molecule has 0 radical (unpaired) electrons. The summed E-state index contributed by atoms with van der Waals surface area (Å²) < 4.78 is 70.2. The molecular weight excluding hydrogens is 861 g/mol. The topological polar surface area (TPSA) is 206 Å². The molecule has 5 saturated heterocycles. The van der Waals surface area contributed by atoms with Gasteiger partial charge >= 0.3 is 11.9 Å². The minimum Gasteiger partial charge on any atom is -0.459 e. The lowest BCUT2D eigenvalue weighted by Crippen LogP contribution is -2.68. The maximum atomic E-state index is 14.8. The van der Waals surface area contributed by atoms with Crippen LogP contribution in [0.4, 0.5) is 0 Å². The predicted octanol–water partition coefficient (Wildman–Crippen LogP) is 3.42. The molecular formula is C48H86N2O16. The first kappa shape index (κ1) is 55.3. The monoisotopic (exact) mass is 947 g/mol. The van der Waals surface area contributed by atoms with Gasteiger partial charge in [-0.2, -0.15) is 0 Å². The number of epoxide rings is 1. The highest BCUT2D eigenvalue weighted by atomic mass is 16.8. The van der Waals surface area contributed by atoms with Gasteiger partial charge in [0.2, 0.25) is 0 Å². The average molecular weight is 947 g/mol. The number of esters is 2. The molecule has 18 heteroatoms. The minimum absolute atomic E-state index is 0.0728. The van der Waals surface area contributed by atoms with Gasteiger partial charge in [-0.1, -0.05) is 20.8 Å². The van der Waals surface area contributed by atoms with E-state index in [-0.39, 0.29) is 43.6 Å². The number of aliphatic hydroxyl groups is 3. The van der Waals surface area contributed by atoms with Crippen molar-refractivity contribution >= 4 is 11.9 Å². The fourth-order valence-corrected chi connectivity index (χ4v) is 11.4. The molecule has 5 aliphatic rings. The molecule has 5 heterocycles. The van der Waals surface area contributed by atoms with E-state index in [9.17, 15) is 19.8 Å². The number of cyclic esters (lactones) is 1. The molecule has 20 atom stereocenters. The molecule has 0 aromatic heterocycles. The van der Waals surface area contributed by atoms with Crippen molar-refractivity contribution in [3.63, 3.8) is 0 Å². The Morgan fingerprint density at radius 2 is 1.62 bits per heavy atom. The zero-order valence-electron chi connectivity index (χ0n) is 42.6. The molecule has 3 N–H and O–H groups in total. The van der Waals surface area contributed by atoms with Crippen LogP contribution in [-0.4, -0.2) is 200 Å². The van der Waals surface area contributed by atoms with Gasteiger partial charge in [-0.3, -0.25) is 9.59 Å². The third-order valence-corrected chi connectivity index (χ3v) is 15.1. The number of likely N-dealkylation sites (N-methyl/N-ethyl adjacent to an activating group) is 2. The van der Waals surface area contributed by atoms with Gasteiger partial charge in [0.15, 0.2) is 30.6 Å². The number of rotatable bonds is 16. The lowest BCUT2D eigenvalue weighted by atomic mass is 9.76. The van der Waals surface area contributed by atoms with Crippen LogP contribution in [0.15, 0.2) is 0 Å². The lowest BCUT2D eigenvalue weighted by Gasteiger charge is -2.50. The van der Waals surface area contributed by atoms with Gasteiger partial charge < -0.3 is 77.2 Å². The molecule has 0 aromatic rings. The van der Waals surface area contributed by atoms with Crippen LogP contribution in [0.3, 0.4) is 0 Å². The zero-order valence-corrected chi connectivity index (χ0v) is 42.6. The van der Waals surface area contributed by atoms with Crippen LogP contribution in [0.5, 0.6) is 0 Å². The van der Waals surface area contributed by atoms with Crippen LogP contribution in [0.1, 0.15) is 115 Å². The van der Waals surface area contributed by atoms with E-state index in [0.717, 1.165) is 0 Å². The summed E-state index contributed by atoms with van der Waals surface area (Å²) in [5.74, 6) is -2.91. The van der Waals surface area contributed by atoms with Crippen LogP contribution >= 0.6 is 0 Å². The summed E-state index contributed by atoms with van der Waals surface area (Å²) >= 11 is 0. The van der Waals surface area contributed by atoms with E-state index >= 15 is 0 Å². The fourth-order valence-electron chi connectivity index (χ4n) is 11.4. The van der Waals surface area contributed by atoms with E-state index in [1.807, 2.05) is 74.5 Å². The van der Waals surface area contributed by atoms with Crippen molar-refractivity contribution in [3.8, 4) is 0 Å². The number of methoxy groups -OCH3 is 1. The number of hydrogen-bond donors (Lipinski definition) is 3. The molecule has 2 unspecified atom stereocenters. The molecule has 0 aromatic carbocycles. The second kappa shape index (κ2) is 22.6. The van der Waals surface area contributed by atoms with Crippen LogP contribution in [-0.2, 0) is 61.7 Å².